The van der Waals surface area contributed by atoms with Crippen LogP contribution in [0.1, 0.15) is 25.0 Å². The molecule has 3 N–H and O–H groups in total. The summed E-state index contributed by atoms with van der Waals surface area (Å²) < 4.78 is 5.71. The highest BCUT2D eigenvalue weighted by Crippen LogP contribution is 2.12. The van der Waals surface area contributed by atoms with Crippen LogP contribution < -0.4 is 15.4 Å². The molecule has 0 saturated heterocycles. The van der Waals surface area contributed by atoms with E-state index < -0.39 is 0 Å². The van der Waals surface area contributed by atoms with Crippen LogP contribution in [0, 0.1) is 5.92 Å². The Kier molecular flexibility index (Phi) is 7.29. The van der Waals surface area contributed by atoms with Crippen molar-refractivity contribution in [3.05, 3.63) is 65.7 Å². The van der Waals surface area contributed by atoms with Gasteiger partial charge in [-0.1, -0.05) is 49.4 Å². The summed E-state index contributed by atoms with van der Waals surface area (Å²) in [5.74, 6) is 0.866. The Morgan fingerprint density at radius 1 is 1.04 bits per heavy atom. The summed E-state index contributed by atoms with van der Waals surface area (Å²) in [6.07, 6.45) is 0. The highest BCUT2D eigenvalue weighted by molar-refractivity contribution is 5.74. The van der Waals surface area contributed by atoms with Gasteiger partial charge in [0.25, 0.3) is 0 Å². The van der Waals surface area contributed by atoms with Crippen molar-refractivity contribution in [2.24, 2.45) is 5.92 Å². The third-order valence-corrected chi connectivity index (χ3v) is 4.13. The van der Waals surface area contributed by atoms with Crippen molar-refractivity contribution in [1.82, 2.24) is 10.6 Å². The van der Waals surface area contributed by atoms with E-state index in [0.29, 0.717) is 13.2 Å². The lowest BCUT2D eigenvalue weighted by molar-refractivity contribution is 0.200. The standard InChI is InChI=1S/C20H26N2O3/c1-15(13-23)16(2)22-20(24)21-12-17-8-10-18(11-9-17)14-25-19-6-4-3-5-7-19/h3-11,15-16,23H,12-14H2,1-2H3,(H2,21,22,24). The Morgan fingerprint density at radius 3 is 2.32 bits per heavy atom. The van der Waals surface area contributed by atoms with E-state index in [-0.39, 0.29) is 24.6 Å². The maximum atomic E-state index is 11.8. The van der Waals surface area contributed by atoms with Crippen LogP contribution in [0.5, 0.6) is 5.75 Å². The molecule has 2 rings (SSSR count). The fourth-order valence-corrected chi connectivity index (χ4v) is 2.18. The fourth-order valence-electron chi connectivity index (χ4n) is 2.18. The van der Waals surface area contributed by atoms with E-state index in [1.165, 1.54) is 0 Å². The van der Waals surface area contributed by atoms with Crippen LogP contribution in [0.4, 0.5) is 4.79 Å². The molecular formula is C20H26N2O3. The van der Waals surface area contributed by atoms with Gasteiger partial charge in [-0.25, -0.2) is 4.79 Å². The first kappa shape index (κ1) is 18.8. The summed E-state index contributed by atoms with van der Waals surface area (Å²) in [4.78, 5) is 11.8. The molecule has 2 atom stereocenters. The highest BCUT2D eigenvalue weighted by atomic mass is 16.5. The zero-order valence-electron chi connectivity index (χ0n) is 14.7. The van der Waals surface area contributed by atoms with Gasteiger partial charge in [0.15, 0.2) is 0 Å². The van der Waals surface area contributed by atoms with Gasteiger partial charge < -0.3 is 20.5 Å². The maximum Gasteiger partial charge on any atom is 0.315 e. The zero-order valence-corrected chi connectivity index (χ0v) is 14.7. The molecule has 2 unspecified atom stereocenters. The SMILES string of the molecule is CC(CO)C(C)NC(=O)NCc1ccc(COc2ccccc2)cc1. The number of amides is 2. The van der Waals surface area contributed by atoms with Crippen LogP contribution in [0.25, 0.3) is 0 Å². The summed E-state index contributed by atoms with van der Waals surface area (Å²) in [6, 6.07) is 17.3. The van der Waals surface area contributed by atoms with Gasteiger partial charge in [0.05, 0.1) is 0 Å². The molecular weight excluding hydrogens is 316 g/mol. The van der Waals surface area contributed by atoms with E-state index in [0.717, 1.165) is 16.9 Å². The van der Waals surface area contributed by atoms with Crippen LogP contribution in [0.2, 0.25) is 0 Å². The first-order chi connectivity index (χ1) is 12.1. The van der Waals surface area contributed by atoms with Gasteiger partial charge >= 0.3 is 6.03 Å². The number of aliphatic hydroxyl groups excluding tert-OH is 1. The minimum Gasteiger partial charge on any atom is -0.489 e. The predicted octanol–water partition coefficient (Wildman–Crippen LogP) is 3.08. The lowest BCUT2D eigenvalue weighted by atomic mass is 10.1. The number of nitrogens with one attached hydrogen (secondary N) is 2. The molecule has 0 aromatic heterocycles. The van der Waals surface area contributed by atoms with Gasteiger partial charge in [-0.3, -0.25) is 0 Å². The minimum absolute atomic E-state index is 0.0228. The van der Waals surface area contributed by atoms with E-state index in [2.05, 4.69) is 10.6 Å². The monoisotopic (exact) mass is 342 g/mol. The smallest absolute Gasteiger partial charge is 0.315 e. The van der Waals surface area contributed by atoms with Gasteiger partial charge in [0.1, 0.15) is 12.4 Å². The molecule has 5 nitrogen and oxygen atoms in total. The summed E-state index contributed by atoms with van der Waals surface area (Å²) in [6.45, 7) is 4.78. The highest BCUT2D eigenvalue weighted by Gasteiger charge is 2.13. The Bertz CT molecular complexity index is 644. The first-order valence-corrected chi connectivity index (χ1v) is 8.49. The molecule has 2 aromatic carbocycles. The summed E-state index contributed by atoms with van der Waals surface area (Å²) in [7, 11) is 0. The molecule has 5 heteroatoms. The van der Waals surface area contributed by atoms with Gasteiger partial charge in [0.2, 0.25) is 0 Å². The number of carbonyl (C=O) groups is 1. The summed E-state index contributed by atoms with van der Waals surface area (Å²) in [5, 5.41) is 14.7. The Labute approximate surface area is 149 Å². The fraction of sp³-hybridized carbons (Fsp3) is 0.350. The number of rotatable bonds is 8. The van der Waals surface area contributed by atoms with Crippen LogP contribution in [-0.2, 0) is 13.2 Å². The van der Waals surface area contributed by atoms with Crippen molar-refractivity contribution >= 4 is 6.03 Å². The summed E-state index contributed by atoms with van der Waals surface area (Å²) >= 11 is 0. The van der Waals surface area contributed by atoms with Crippen molar-refractivity contribution < 1.29 is 14.6 Å². The Hall–Kier alpha value is -2.53. The average Bonchev–Trinajstić information content (AvgIpc) is 2.65. The Morgan fingerprint density at radius 2 is 1.68 bits per heavy atom. The first-order valence-electron chi connectivity index (χ1n) is 8.49. The van der Waals surface area contributed by atoms with Crippen molar-refractivity contribution in [3.8, 4) is 5.75 Å². The number of para-hydroxylation sites is 1. The van der Waals surface area contributed by atoms with Crippen LogP contribution in [-0.4, -0.2) is 23.8 Å². The predicted molar refractivity (Wildman–Crippen MR) is 98.3 cm³/mol. The van der Waals surface area contributed by atoms with Gasteiger partial charge in [-0.2, -0.15) is 0 Å². The van der Waals surface area contributed by atoms with E-state index in [1.54, 1.807) is 0 Å². The van der Waals surface area contributed by atoms with Gasteiger partial charge in [-0.05, 0) is 36.1 Å². The quantitative estimate of drug-likeness (QED) is 0.690. The maximum absolute atomic E-state index is 11.8. The molecule has 0 aliphatic heterocycles. The second kappa shape index (κ2) is 9.69. The van der Waals surface area contributed by atoms with Crippen molar-refractivity contribution in [2.45, 2.75) is 33.0 Å². The third-order valence-electron chi connectivity index (χ3n) is 4.13. The van der Waals surface area contributed by atoms with E-state index >= 15 is 0 Å². The van der Waals surface area contributed by atoms with Crippen LogP contribution in [0.3, 0.4) is 0 Å². The number of urea groups is 1. The minimum atomic E-state index is -0.232. The van der Waals surface area contributed by atoms with E-state index in [1.807, 2.05) is 68.4 Å². The molecule has 0 saturated carbocycles. The molecule has 2 aromatic rings. The number of benzene rings is 2. The van der Waals surface area contributed by atoms with Crippen molar-refractivity contribution in [3.63, 3.8) is 0 Å². The molecule has 25 heavy (non-hydrogen) atoms. The topological polar surface area (TPSA) is 70.6 Å². The number of aliphatic hydroxyl groups is 1. The normalized spacial score (nSPS) is 12.9. The average molecular weight is 342 g/mol. The van der Waals surface area contributed by atoms with Crippen molar-refractivity contribution in [2.75, 3.05) is 6.61 Å². The molecule has 0 aliphatic carbocycles. The number of carbonyl (C=O) groups excluding carboxylic acids is 1. The molecule has 0 spiro atoms. The van der Waals surface area contributed by atoms with Crippen LogP contribution in [0.15, 0.2) is 54.6 Å². The lowest BCUT2D eigenvalue weighted by Gasteiger charge is -2.19. The van der Waals surface area contributed by atoms with Crippen molar-refractivity contribution in [1.29, 1.82) is 0 Å². The third kappa shape index (κ3) is 6.47. The lowest BCUT2D eigenvalue weighted by Crippen LogP contribution is -2.43. The molecule has 0 heterocycles. The van der Waals surface area contributed by atoms with Gasteiger partial charge in [-0.15, -0.1) is 0 Å². The van der Waals surface area contributed by atoms with Crippen LogP contribution >= 0.6 is 0 Å². The molecule has 0 radical (unpaired) electrons. The van der Waals surface area contributed by atoms with Gasteiger partial charge in [0, 0.05) is 19.2 Å². The largest absolute Gasteiger partial charge is 0.489 e. The summed E-state index contributed by atoms with van der Waals surface area (Å²) in [5.41, 5.74) is 2.09. The molecule has 0 bridgehead atoms. The molecule has 2 amide bonds. The number of ether oxygens (including phenoxy) is 1. The second-order valence-electron chi connectivity index (χ2n) is 6.19. The number of hydrogen-bond donors (Lipinski definition) is 3. The zero-order chi connectivity index (χ0) is 18.1. The molecule has 0 aliphatic rings. The number of hydrogen-bond acceptors (Lipinski definition) is 3. The van der Waals surface area contributed by atoms with E-state index in [4.69, 9.17) is 9.84 Å². The molecule has 0 fully saturated rings. The second-order valence-corrected chi connectivity index (χ2v) is 6.19. The Balaban J connectivity index is 1.75. The van der Waals surface area contributed by atoms with E-state index in [9.17, 15) is 4.79 Å². The molecule has 134 valence electrons.